The summed E-state index contributed by atoms with van der Waals surface area (Å²) in [6, 6.07) is 10.6. The topological polar surface area (TPSA) is 18.5 Å². The molecule has 0 saturated carbocycles. The fourth-order valence-corrected chi connectivity index (χ4v) is 2.46. The third kappa shape index (κ3) is 3.44. The van der Waals surface area contributed by atoms with Gasteiger partial charge in [-0.2, -0.15) is 0 Å². The molecule has 0 aromatic heterocycles. The van der Waals surface area contributed by atoms with Gasteiger partial charge in [-0.1, -0.05) is 36.4 Å². The van der Waals surface area contributed by atoms with Crippen molar-refractivity contribution in [2.75, 3.05) is 0 Å². The van der Waals surface area contributed by atoms with Gasteiger partial charge in [-0.25, -0.2) is 0 Å². The highest BCUT2D eigenvalue weighted by Gasteiger charge is 2.29. The Bertz CT molecular complexity index is 372. The molecular formula is C16H22O2. The molecule has 0 radical (unpaired) electrons. The second kappa shape index (κ2) is 6.17. The van der Waals surface area contributed by atoms with Gasteiger partial charge in [0.2, 0.25) is 0 Å². The Labute approximate surface area is 110 Å². The van der Waals surface area contributed by atoms with Crippen LogP contribution in [0.5, 0.6) is 0 Å². The minimum atomic E-state index is -0.119. The molecule has 0 aliphatic carbocycles. The third-order valence-corrected chi connectivity index (χ3v) is 3.28. The lowest BCUT2D eigenvalue weighted by molar-refractivity contribution is -0.202. The van der Waals surface area contributed by atoms with E-state index in [1.54, 1.807) is 0 Å². The van der Waals surface area contributed by atoms with Gasteiger partial charge in [0.1, 0.15) is 0 Å². The molecule has 0 N–H and O–H groups in total. The van der Waals surface area contributed by atoms with Gasteiger partial charge in [0, 0.05) is 6.42 Å². The van der Waals surface area contributed by atoms with E-state index in [0.717, 1.165) is 12.8 Å². The van der Waals surface area contributed by atoms with Crippen molar-refractivity contribution in [3.05, 3.63) is 48.6 Å². The molecule has 1 aliphatic heterocycles. The molecule has 1 aliphatic rings. The first-order chi connectivity index (χ1) is 8.69. The second-order valence-electron chi connectivity index (χ2n) is 5.10. The lowest BCUT2D eigenvalue weighted by Crippen LogP contribution is -2.34. The maximum Gasteiger partial charge on any atom is 0.159 e. The molecule has 2 heteroatoms. The van der Waals surface area contributed by atoms with Crippen molar-refractivity contribution in [2.45, 2.75) is 51.1 Å². The Morgan fingerprint density at radius 3 is 2.61 bits per heavy atom. The Morgan fingerprint density at radius 1 is 1.28 bits per heavy atom. The van der Waals surface area contributed by atoms with Crippen LogP contribution in [0.2, 0.25) is 0 Å². The number of ether oxygens (including phenoxy) is 2. The first-order valence-corrected chi connectivity index (χ1v) is 6.67. The average molecular weight is 246 g/mol. The molecule has 98 valence electrons. The van der Waals surface area contributed by atoms with E-state index in [1.807, 2.05) is 19.9 Å². The van der Waals surface area contributed by atoms with Gasteiger partial charge in [0.05, 0.1) is 12.2 Å². The van der Waals surface area contributed by atoms with Crippen molar-refractivity contribution < 1.29 is 9.47 Å². The smallest absolute Gasteiger partial charge is 0.159 e. The van der Waals surface area contributed by atoms with Crippen LogP contribution in [0.25, 0.3) is 0 Å². The molecule has 1 fully saturated rings. The number of rotatable bonds is 4. The zero-order chi connectivity index (χ0) is 13.0. The fraction of sp³-hybridized carbons (Fsp3) is 0.500. The standard InChI is InChI=1S/C16H22O2/c1-4-15-10-14(13-8-6-5-7-9-13)11-16(18-15)17-12(2)3/h4-9,12,14-16H,1,10-11H2,2-3H3/t14-,15+,16+/m1/s1. The Balaban J connectivity index is 2.08. The molecule has 0 spiro atoms. The van der Waals surface area contributed by atoms with Crippen molar-refractivity contribution in [2.24, 2.45) is 0 Å². The van der Waals surface area contributed by atoms with Gasteiger partial charge in [-0.05, 0) is 31.7 Å². The first-order valence-electron chi connectivity index (χ1n) is 6.67. The summed E-state index contributed by atoms with van der Waals surface area (Å²) in [7, 11) is 0. The van der Waals surface area contributed by atoms with E-state index in [1.165, 1.54) is 5.56 Å². The van der Waals surface area contributed by atoms with Crippen LogP contribution in [-0.4, -0.2) is 18.5 Å². The Hall–Kier alpha value is -1.12. The molecule has 2 rings (SSSR count). The van der Waals surface area contributed by atoms with Crippen LogP contribution in [0.1, 0.15) is 38.2 Å². The lowest BCUT2D eigenvalue weighted by atomic mass is 9.88. The van der Waals surface area contributed by atoms with E-state index in [-0.39, 0.29) is 18.5 Å². The minimum Gasteiger partial charge on any atom is -0.350 e. The highest BCUT2D eigenvalue weighted by Crippen LogP contribution is 2.34. The molecule has 1 aromatic carbocycles. The number of hydrogen-bond donors (Lipinski definition) is 0. The van der Waals surface area contributed by atoms with Crippen molar-refractivity contribution >= 4 is 0 Å². The molecule has 3 atom stereocenters. The summed E-state index contributed by atoms with van der Waals surface area (Å²) >= 11 is 0. The molecule has 0 bridgehead atoms. The molecule has 1 saturated heterocycles. The van der Waals surface area contributed by atoms with Crippen molar-refractivity contribution in [1.82, 2.24) is 0 Å². The van der Waals surface area contributed by atoms with E-state index in [4.69, 9.17) is 9.47 Å². The summed E-state index contributed by atoms with van der Waals surface area (Å²) in [5.74, 6) is 0.492. The van der Waals surface area contributed by atoms with Gasteiger partial charge in [0.15, 0.2) is 6.29 Å². The van der Waals surface area contributed by atoms with E-state index >= 15 is 0 Å². The molecule has 18 heavy (non-hydrogen) atoms. The van der Waals surface area contributed by atoms with Gasteiger partial charge in [0.25, 0.3) is 0 Å². The van der Waals surface area contributed by atoms with Crippen LogP contribution in [0, 0.1) is 0 Å². The molecule has 1 aromatic rings. The highest BCUT2D eigenvalue weighted by molar-refractivity contribution is 5.20. The van der Waals surface area contributed by atoms with Crippen LogP contribution in [-0.2, 0) is 9.47 Å². The molecular weight excluding hydrogens is 224 g/mol. The van der Waals surface area contributed by atoms with E-state index < -0.39 is 0 Å². The van der Waals surface area contributed by atoms with Crippen LogP contribution < -0.4 is 0 Å². The van der Waals surface area contributed by atoms with Gasteiger partial charge in [-0.15, -0.1) is 6.58 Å². The Morgan fingerprint density at radius 2 is 2.00 bits per heavy atom. The largest absolute Gasteiger partial charge is 0.350 e. The summed E-state index contributed by atoms with van der Waals surface area (Å²) in [6.45, 7) is 7.93. The van der Waals surface area contributed by atoms with E-state index in [0.29, 0.717) is 5.92 Å². The predicted octanol–water partition coefficient (Wildman–Crippen LogP) is 3.89. The first kappa shape index (κ1) is 13.3. The molecule has 0 amide bonds. The zero-order valence-corrected chi connectivity index (χ0v) is 11.2. The zero-order valence-electron chi connectivity index (χ0n) is 11.2. The molecule has 2 nitrogen and oxygen atoms in total. The summed E-state index contributed by atoms with van der Waals surface area (Å²) in [5.41, 5.74) is 1.37. The number of benzene rings is 1. The maximum atomic E-state index is 5.86. The van der Waals surface area contributed by atoms with Gasteiger partial charge >= 0.3 is 0 Å². The average Bonchev–Trinajstić information content (AvgIpc) is 2.38. The summed E-state index contributed by atoms with van der Waals surface area (Å²) in [4.78, 5) is 0. The van der Waals surface area contributed by atoms with Crippen LogP contribution >= 0.6 is 0 Å². The van der Waals surface area contributed by atoms with E-state index in [2.05, 4.69) is 36.9 Å². The van der Waals surface area contributed by atoms with Crippen LogP contribution in [0.15, 0.2) is 43.0 Å². The normalized spacial score (nSPS) is 28.3. The third-order valence-electron chi connectivity index (χ3n) is 3.28. The molecule has 1 heterocycles. The van der Waals surface area contributed by atoms with Gasteiger partial charge in [-0.3, -0.25) is 0 Å². The Kier molecular flexibility index (Phi) is 4.56. The van der Waals surface area contributed by atoms with Crippen LogP contribution in [0.4, 0.5) is 0 Å². The lowest BCUT2D eigenvalue weighted by Gasteiger charge is -2.35. The van der Waals surface area contributed by atoms with Crippen molar-refractivity contribution in [3.8, 4) is 0 Å². The maximum absolute atomic E-state index is 5.86. The van der Waals surface area contributed by atoms with Crippen molar-refractivity contribution in [3.63, 3.8) is 0 Å². The summed E-state index contributed by atoms with van der Waals surface area (Å²) in [5, 5.41) is 0. The monoisotopic (exact) mass is 246 g/mol. The number of hydrogen-bond acceptors (Lipinski definition) is 2. The van der Waals surface area contributed by atoms with Crippen molar-refractivity contribution in [1.29, 1.82) is 0 Å². The molecule has 0 unspecified atom stereocenters. The minimum absolute atomic E-state index is 0.0905. The fourth-order valence-electron chi connectivity index (χ4n) is 2.46. The quantitative estimate of drug-likeness (QED) is 0.750. The summed E-state index contributed by atoms with van der Waals surface area (Å²) in [6.07, 6.45) is 3.96. The summed E-state index contributed by atoms with van der Waals surface area (Å²) < 4.78 is 11.7. The van der Waals surface area contributed by atoms with Crippen LogP contribution in [0.3, 0.4) is 0 Å². The predicted molar refractivity (Wildman–Crippen MR) is 73.5 cm³/mol. The SMILES string of the molecule is C=C[C@H]1C[C@@H](c2ccccc2)C[C@@H](OC(C)C)O1. The van der Waals surface area contributed by atoms with E-state index in [9.17, 15) is 0 Å². The van der Waals surface area contributed by atoms with Gasteiger partial charge < -0.3 is 9.47 Å². The highest BCUT2D eigenvalue weighted by atomic mass is 16.7. The second-order valence-corrected chi connectivity index (χ2v) is 5.10.